The van der Waals surface area contributed by atoms with Gasteiger partial charge in [-0.25, -0.2) is 8.42 Å². The molecular weight excluding hydrogens is 310 g/mol. The summed E-state index contributed by atoms with van der Waals surface area (Å²) in [4.78, 5) is 23.0. The van der Waals surface area contributed by atoms with E-state index in [0.717, 1.165) is 6.26 Å². The number of carboxylic acid groups (broad SMARTS) is 1. The van der Waals surface area contributed by atoms with Crippen LogP contribution in [0.15, 0.2) is 16.5 Å². The molecule has 0 aliphatic carbocycles. The fraction of sp³-hybridized carbons (Fsp3) is 0.571. The SMILES string of the molecule is CC(C)CC(CNC(=O)c1ccc(CS(C)(=O)=O)o1)C(=O)O. The Bertz CT molecular complexity index is 632. The molecule has 0 aliphatic heterocycles. The lowest BCUT2D eigenvalue weighted by molar-refractivity contribution is -0.142. The molecule has 0 aliphatic rings. The van der Waals surface area contributed by atoms with Crippen LogP contribution in [-0.2, 0) is 20.4 Å². The largest absolute Gasteiger partial charge is 0.481 e. The fourth-order valence-electron chi connectivity index (χ4n) is 1.98. The quantitative estimate of drug-likeness (QED) is 0.742. The van der Waals surface area contributed by atoms with E-state index in [1.54, 1.807) is 0 Å². The molecule has 1 heterocycles. The smallest absolute Gasteiger partial charge is 0.308 e. The highest BCUT2D eigenvalue weighted by Gasteiger charge is 2.21. The van der Waals surface area contributed by atoms with Crippen molar-refractivity contribution >= 4 is 21.7 Å². The maximum absolute atomic E-state index is 11.9. The second-order valence-corrected chi connectivity index (χ2v) is 7.85. The summed E-state index contributed by atoms with van der Waals surface area (Å²) in [7, 11) is -3.24. The van der Waals surface area contributed by atoms with Gasteiger partial charge >= 0.3 is 5.97 Å². The van der Waals surface area contributed by atoms with Gasteiger partial charge in [-0.15, -0.1) is 0 Å². The van der Waals surface area contributed by atoms with Crippen molar-refractivity contribution in [2.45, 2.75) is 26.0 Å². The highest BCUT2D eigenvalue weighted by atomic mass is 32.2. The van der Waals surface area contributed by atoms with Crippen LogP contribution >= 0.6 is 0 Å². The lowest BCUT2D eigenvalue weighted by Gasteiger charge is -2.14. The molecule has 1 atom stereocenters. The molecule has 2 N–H and O–H groups in total. The first-order chi connectivity index (χ1) is 10.1. The van der Waals surface area contributed by atoms with E-state index in [0.29, 0.717) is 6.42 Å². The zero-order valence-electron chi connectivity index (χ0n) is 12.8. The van der Waals surface area contributed by atoms with Gasteiger partial charge < -0.3 is 14.8 Å². The lowest BCUT2D eigenvalue weighted by atomic mass is 9.97. The van der Waals surface area contributed by atoms with Crippen LogP contribution in [0, 0.1) is 11.8 Å². The Kier molecular flexibility index (Phi) is 6.16. The molecule has 1 amide bonds. The van der Waals surface area contributed by atoms with Crippen molar-refractivity contribution in [1.29, 1.82) is 0 Å². The molecule has 8 heteroatoms. The van der Waals surface area contributed by atoms with Crippen LogP contribution in [0.5, 0.6) is 0 Å². The Morgan fingerprint density at radius 2 is 1.95 bits per heavy atom. The molecule has 0 radical (unpaired) electrons. The lowest BCUT2D eigenvalue weighted by Crippen LogP contribution is -2.33. The number of hydrogen-bond donors (Lipinski definition) is 2. The number of nitrogens with one attached hydrogen (secondary N) is 1. The molecule has 0 spiro atoms. The molecule has 0 bridgehead atoms. The van der Waals surface area contributed by atoms with Crippen molar-refractivity contribution in [3.05, 3.63) is 23.7 Å². The Hall–Kier alpha value is -1.83. The summed E-state index contributed by atoms with van der Waals surface area (Å²) in [6.45, 7) is 3.80. The summed E-state index contributed by atoms with van der Waals surface area (Å²) in [5, 5.41) is 11.6. The minimum absolute atomic E-state index is 0.00550. The van der Waals surface area contributed by atoms with Crippen molar-refractivity contribution in [2.24, 2.45) is 11.8 Å². The molecular formula is C14H21NO6S. The summed E-state index contributed by atoms with van der Waals surface area (Å²) < 4.78 is 27.4. The van der Waals surface area contributed by atoms with Gasteiger partial charge in [-0.1, -0.05) is 13.8 Å². The molecule has 0 fully saturated rings. The third-order valence-electron chi connectivity index (χ3n) is 2.90. The van der Waals surface area contributed by atoms with Crippen LogP contribution in [0.25, 0.3) is 0 Å². The van der Waals surface area contributed by atoms with E-state index in [1.165, 1.54) is 12.1 Å². The third-order valence-corrected chi connectivity index (χ3v) is 3.71. The number of aliphatic carboxylic acids is 1. The Morgan fingerprint density at radius 3 is 2.45 bits per heavy atom. The van der Waals surface area contributed by atoms with Crippen molar-refractivity contribution in [2.75, 3.05) is 12.8 Å². The van der Waals surface area contributed by atoms with E-state index in [1.807, 2.05) is 13.8 Å². The van der Waals surface area contributed by atoms with Crippen LogP contribution in [-0.4, -0.2) is 38.2 Å². The molecule has 124 valence electrons. The fourth-order valence-corrected chi connectivity index (χ4v) is 2.65. The second kappa shape index (κ2) is 7.44. The number of carboxylic acids is 1. The van der Waals surface area contributed by atoms with Crippen molar-refractivity contribution < 1.29 is 27.5 Å². The van der Waals surface area contributed by atoms with E-state index in [4.69, 9.17) is 9.52 Å². The Morgan fingerprint density at radius 1 is 1.32 bits per heavy atom. The molecule has 22 heavy (non-hydrogen) atoms. The van der Waals surface area contributed by atoms with Gasteiger partial charge in [0.05, 0.1) is 5.92 Å². The molecule has 1 unspecified atom stereocenters. The molecule has 0 saturated heterocycles. The summed E-state index contributed by atoms with van der Waals surface area (Å²) >= 11 is 0. The Balaban J connectivity index is 2.63. The molecule has 1 rings (SSSR count). The van der Waals surface area contributed by atoms with Gasteiger partial charge in [0.1, 0.15) is 11.5 Å². The summed E-state index contributed by atoms with van der Waals surface area (Å²) in [5.41, 5.74) is 0. The average molecular weight is 331 g/mol. The minimum Gasteiger partial charge on any atom is -0.481 e. The van der Waals surface area contributed by atoms with Crippen LogP contribution < -0.4 is 5.32 Å². The maximum Gasteiger partial charge on any atom is 0.308 e. The molecule has 1 aromatic rings. The summed E-state index contributed by atoms with van der Waals surface area (Å²) in [6.07, 6.45) is 1.52. The topological polar surface area (TPSA) is 114 Å². The van der Waals surface area contributed by atoms with Crippen molar-refractivity contribution in [3.8, 4) is 0 Å². The van der Waals surface area contributed by atoms with Gasteiger partial charge in [-0.2, -0.15) is 0 Å². The van der Waals surface area contributed by atoms with Gasteiger partial charge in [0.2, 0.25) is 0 Å². The average Bonchev–Trinajstić information content (AvgIpc) is 2.79. The van der Waals surface area contributed by atoms with Gasteiger partial charge in [-0.3, -0.25) is 9.59 Å². The first kappa shape index (κ1) is 18.2. The highest BCUT2D eigenvalue weighted by Crippen LogP contribution is 2.13. The first-order valence-corrected chi connectivity index (χ1v) is 8.92. The van der Waals surface area contributed by atoms with Crippen LogP contribution in [0.1, 0.15) is 36.6 Å². The van der Waals surface area contributed by atoms with Crippen molar-refractivity contribution in [1.82, 2.24) is 5.32 Å². The highest BCUT2D eigenvalue weighted by molar-refractivity contribution is 7.89. The number of carbonyl (C=O) groups excluding carboxylic acids is 1. The van der Waals surface area contributed by atoms with Gasteiger partial charge in [0, 0.05) is 12.8 Å². The van der Waals surface area contributed by atoms with E-state index in [2.05, 4.69) is 5.32 Å². The number of rotatable bonds is 8. The minimum atomic E-state index is -3.24. The predicted octanol–water partition coefficient (Wildman–Crippen LogP) is 1.30. The zero-order valence-corrected chi connectivity index (χ0v) is 13.6. The standard InChI is InChI=1S/C14H21NO6S/c1-9(2)6-10(14(17)18)7-15-13(16)12-5-4-11(21-12)8-22(3,19)20/h4-5,9-10H,6-8H2,1-3H3,(H,15,16)(H,17,18). The third kappa shape index (κ3) is 6.30. The maximum atomic E-state index is 11.9. The van der Waals surface area contributed by atoms with Crippen LogP contribution in [0.3, 0.4) is 0 Å². The molecule has 1 aromatic heterocycles. The molecule has 0 aromatic carbocycles. The van der Waals surface area contributed by atoms with Gasteiger partial charge in [-0.05, 0) is 24.5 Å². The number of hydrogen-bond acceptors (Lipinski definition) is 5. The number of amides is 1. The number of carbonyl (C=O) groups is 2. The molecule has 0 saturated carbocycles. The van der Waals surface area contributed by atoms with Crippen LogP contribution in [0.4, 0.5) is 0 Å². The van der Waals surface area contributed by atoms with E-state index >= 15 is 0 Å². The first-order valence-electron chi connectivity index (χ1n) is 6.86. The second-order valence-electron chi connectivity index (χ2n) is 5.71. The zero-order chi connectivity index (χ0) is 16.9. The molecule has 7 nitrogen and oxygen atoms in total. The van der Waals surface area contributed by atoms with Gasteiger partial charge in [0.15, 0.2) is 15.6 Å². The van der Waals surface area contributed by atoms with Crippen molar-refractivity contribution in [3.63, 3.8) is 0 Å². The predicted molar refractivity (Wildman–Crippen MR) is 80.2 cm³/mol. The number of furan rings is 1. The van der Waals surface area contributed by atoms with E-state index < -0.39 is 27.6 Å². The van der Waals surface area contributed by atoms with E-state index in [-0.39, 0.29) is 29.7 Å². The summed E-state index contributed by atoms with van der Waals surface area (Å²) in [5.74, 6) is -2.15. The Labute approximate surface area is 129 Å². The normalized spacial score (nSPS) is 13.1. The van der Waals surface area contributed by atoms with E-state index in [9.17, 15) is 18.0 Å². The van der Waals surface area contributed by atoms with Gasteiger partial charge in [0.25, 0.3) is 5.91 Å². The van der Waals surface area contributed by atoms with Crippen LogP contribution in [0.2, 0.25) is 0 Å². The number of sulfone groups is 1. The monoisotopic (exact) mass is 331 g/mol. The summed E-state index contributed by atoms with van der Waals surface area (Å²) in [6, 6.07) is 2.78.